The minimum atomic E-state index is -0.364. The van der Waals surface area contributed by atoms with E-state index in [-0.39, 0.29) is 5.82 Å². The van der Waals surface area contributed by atoms with Crippen molar-refractivity contribution in [3.05, 3.63) is 36.2 Å². The van der Waals surface area contributed by atoms with Crippen LogP contribution in [0.25, 0.3) is 33.5 Å². The Bertz CT molecular complexity index is 1250. The van der Waals surface area contributed by atoms with E-state index in [9.17, 15) is 4.39 Å². The van der Waals surface area contributed by atoms with Crippen LogP contribution in [0.1, 0.15) is 38.3 Å². The van der Waals surface area contributed by atoms with E-state index >= 15 is 0 Å². The SMILES string of the molecule is CC1C2CCC(CC2)C1Cc1nc(-c2c[nH]c3ncc(F)cc23)nc2c1cnn2C. The van der Waals surface area contributed by atoms with Gasteiger partial charge in [0, 0.05) is 24.2 Å². The van der Waals surface area contributed by atoms with Gasteiger partial charge < -0.3 is 4.98 Å². The Morgan fingerprint density at radius 1 is 1.10 bits per heavy atom. The zero-order valence-electron chi connectivity index (χ0n) is 17.3. The monoisotopic (exact) mass is 404 g/mol. The van der Waals surface area contributed by atoms with Crippen LogP contribution in [0.4, 0.5) is 4.39 Å². The van der Waals surface area contributed by atoms with Crippen LogP contribution in [0.2, 0.25) is 0 Å². The molecule has 0 spiro atoms. The molecule has 0 radical (unpaired) electrons. The molecule has 6 nitrogen and oxygen atoms in total. The first-order valence-electron chi connectivity index (χ1n) is 10.9. The van der Waals surface area contributed by atoms with Crippen LogP contribution >= 0.6 is 0 Å². The van der Waals surface area contributed by atoms with Gasteiger partial charge in [0.2, 0.25) is 0 Å². The van der Waals surface area contributed by atoms with Gasteiger partial charge >= 0.3 is 0 Å². The van der Waals surface area contributed by atoms with Crippen molar-refractivity contribution in [2.75, 3.05) is 0 Å². The van der Waals surface area contributed by atoms with Crippen molar-refractivity contribution in [2.24, 2.45) is 30.7 Å². The lowest BCUT2D eigenvalue weighted by Gasteiger charge is -2.47. The van der Waals surface area contributed by atoms with Crippen LogP contribution in [0.15, 0.2) is 24.7 Å². The van der Waals surface area contributed by atoms with Crippen molar-refractivity contribution in [1.29, 1.82) is 0 Å². The molecule has 3 aliphatic carbocycles. The summed E-state index contributed by atoms with van der Waals surface area (Å²) in [6, 6.07) is 1.49. The predicted octanol–water partition coefficient (Wildman–Crippen LogP) is 4.66. The van der Waals surface area contributed by atoms with Gasteiger partial charge in [-0.25, -0.2) is 19.3 Å². The second kappa shape index (κ2) is 6.59. The molecule has 2 bridgehead atoms. The number of H-pyrrole nitrogens is 1. The fourth-order valence-electron chi connectivity index (χ4n) is 5.97. The number of hydrogen-bond donors (Lipinski definition) is 1. The number of fused-ring (bicyclic) bond motifs is 5. The van der Waals surface area contributed by atoms with Crippen LogP contribution in [0, 0.1) is 29.5 Å². The molecule has 2 unspecified atom stereocenters. The average Bonchev–Trinajstić information content (AvgIpc) is 3.34. The summed E-state index contributed by atoms with van der Waals surface area (Å²) in [6.45, 7) is 2.43. The third kappa shape index (κ3) is 2.67. The lowest BCUT2D eigenvalue weighted by atomic mass is 9.58. The summed E-state index contributed by atoms with van der Waals surface area (Å²) in [5, 5.41) is 6.18. The highest BCUT2D eigenvalue weighted by atomic mass is 19.1. The number of aromatic amines is 1. The summed E-state index contributed by atoms with van der Waals surface area (Å²) in [5.74, 6) is 3.28. The summed E-state index contributed by atoms with van der Waals surface area (Å²) in [7, 11) is 1.91. The minimum absolute atomic E-state index is 0.364. The second-order valence-electron chi connectivity index (χ2n) is 9.15. The van der Waals surface area contributed by atoms with Gasteiger partial charge in [-0.3, -0.25) is 4.68 Å². The molecule has 7 heteroatoms. The Labute approximate surface area is 173 Å². The first-order chi connectivity index (χ1) is 14.6. The molecule has 1 N–H and O–H groups in total. The zero-order valence-corrected chi connectivity index (χ0v) is 17.3. The zero-order chi connectivity index (χ0) is 20.4. The number of rotatable bonds is 3. The van der Waals surface area contributed by atoms with Crippen molar-refractivity contribution >= 4 is 22.1 Å². The maximum Gasteiger partial charge on any atom is 0.164 e. The Hall–Kier alpha value is -2.83. The van der Waals surface area contributed by atoms with E-state index in [2.05, 4.69) is 22.0 Å². The predicted molar refractivity (Wildman–Crippen MR) is 113 cm³/mol. The molecule has 0 aromatic carbocycles. The first-order valence-corrected chi connectivity index (χ1v) is 10.9. The molecule has 3 aliphatic rings. The summed E-state index contributed by atoms with van der Waals surface area (Å²) in [6.07, 6.45) is 11.3. The summed E-state index contributed by atoms with van der Waals surface area (Å²) >= 11 is 0. The van der Waals surface area contributed by atoms with Gasteiger partial charge in [-0.1, -0.05) is 6.92 Å². The maximum atomic E-state index is 13.9. The normalized spacial score (nSPS) is 26.1. The number of aryl methyl sites for hydroxylation is 1. The van der Waals surface area contributed by atoms with Gasteiger partial charge in [-0.05, 0) is 61.8 Å². The molecular weight excluding hydrogens is 379 g/mol. The Morgan fingerprint density at radius 2 is 1.90 bits per heavy atom. The average molecular weight is 404 g/mol. The highest BCUT2D eigenvalue weighted by Crippen LogP contribution is 2.50. The van der Waals surface area contributed by atoms with Gasteiger partial charge in [0.25, 0.3) is 0 Å². The molecule has 154 valence electrons. The van der Waals surface area contributed by atoms with Gasteiger partial charge in [0.1, 0.15) is 11.5 Å². The Balaban J connectivity index is 1.48. The topological polar surface area (TPSA) is 72.3 Å². The second-order valence-corrected chi connectivity index (χ2v) is 9.15. The summed E-state index contributed by atoms with van der Waals surface area (Å²) in [4.78, 5) is 17.1. The van der Waals surface area contributed by atoms with Gasteiger partial charge in [-0.2, -0.15) is 5.10 Å². The minimum Gasteiger partial charge on any atom is -0.345 e. The summed E-state index contributed by atoms with van der Waals surface area (Å²) < 4.78 is 15.7. The van der Waals surface area contributed by atoms with E-state index in [4.69, 9.17) is 9.97 Å². The molecule has 3 saturated carbocycles. The van der Waals surface area contributed by atoms with Crippen molar-refractivity contribution in [3.63, 3.8) is 0 Å². The van der Waals surface area contributed by atoms with Crippen LogP contribution < -0.4 is 0 Å². The number of hydrogen-bond acceptors (Lipinski definition) is 4. The molecular formula is C23H25FN6. The molecule has 0 saturated heterocycles. The number of pyridine rings is 1. The molecule has 4 aromatic heterocycles. The maximum absolute atomic E-state index is 13.9. The fourth-order valence-corrected chi connectivity index (χ4v) is 5.97. The number of halogens is 1. The molecule has 30 heavy (non-hydrogen) atoms. The first kappa shape index (κ1) is 18.0. The van der Waals surface area contributed by atoms with E-state index < -0.39 is 0 Å². The van der Waals surface area contributed by atoms with Crippen LogP contribution in [-0.4, -0.2) is 29.7 Å². The lowest BCUT2D eigenvalue weighted by molar-refractivity contribution is 0.0341. The smallest absolute Gasteiger partial charge is 0.164 e. The number of nitrogens with one attached hydrogen (secondary N) is 1. The molecule has 0 aliphatic heterocycles. The third-order valence-electron chi connectivity index (χ3n) is 7.68. The van der Waals surface area contributed by atoms with E-state index in [1.54, 1.807) is 4.68 Å². The van der Waals surface area contributed by atoms with Crippen LogP contribution in [0.3, 0.4) is 0 Å². The van der Waals surface area contributed by atoms with Crippen molar-refractivity contribution in [3.8, 4) is 11.4 Å². The molecule has 7 rings (SSSR count). The highest BCUT2D eigenvalue weighted by Gasteiger charge is 2.41. The third-order valence-corrected chi connectivity index (χ3v) is 7.68. The van der Waals surface area contributed by atoms with Gasteiger partial charge in [0.15, 0.2) is 11.5 Å². The number of aromatic nitrogens is 6. The molecule has 4 heterocycles. The number of nitrogens with zero attached hydrogens (tertiary/aromatic N) is 5. The summed E-state index contributed by atoms with van der Waals surface area (Å²) in [5.41, 5.74) is 3.30. The van der Waals surface area contributed by atoms with Crippen LogP contribution in [0.5, 0.6) is 0 Å². The van der Waals surface area contributed by atoms with Crippen molar-refractivity contribution in [2.45, 2.75) is 39.0 Å². The van der Waals surface area contributed by atoms with Crippen molar-refractivity contribution < 1.29 is 4.39 Å². The van der Waals surface area contributed by atoms with E-state index in [0.717, 1.165) is 46.5 Å². The quantitative estimate of drug-likeness (QED) is 0.539. The van der Waals surface area contributed by atoms with Crippen LogP contribution in [-0.2, 0) is 13.5 Å². The molecule has 3 fully saturated rings. The van der Waals surface area contributed by atoms with E-state index in [0.29, 0.717) is 22.8 Å². The molecule has 0 amide bonds. The van der Waals surface area contributed by atoms with E-state index in [1.807, 2.05) is 19.4 Å². The Kier molecular flexibility index (Phi) is 3.95. The van der Waals surface area contributed by atoms with Gasteiger partial charge in [-0.15, -0.1) is 0 Å². The van der Waals surface area contributed by atoms with E-state index in [1.165, 1.54) is 37.9 Å². The fraction of sp³-hybridized carbons (Fsp3) is 0.478. The lowest BCUT2D eigenvalue weighted by Crippen LogP contribution is -2.39. The van der Waals surface area contributed by atoms with Crippen molar-refractivity contribution in [1.82, 2.24) is 29.7 Å². The molecule has 2 atom stereocenters. The largest absolute Gasteiger partial charge is 0.345 e. The standard InChI is InChI=1S/C23H25FN6/c1-12-13-3-5-14(6-4-13)16(12)8-20-19-11-27-30(2)23(19)29-22(28-20)18-10-26-21-17(18)7-15(24)9-25-21/h7,9-14,16H,3-6,8H2,1-2H3,(H,25,26). The van der Waals surface area contributed by atoms with Gasteiger partial charge in [0.05, 0.1) is 23.5 Å². The highest BCUT2D eigenvalue weighted by molar-refractivity contribution is 5.92. The molecule has 4 aromatic rings. The Morgan fingerprint density at radius 3 is 2.70 bits per heavy atom.